The molecule has 0 saturated heterocycles. The minimum absolute atomic E-state index is 0.0164. The molecule has 10 heteroatoms. The van der Waals surface area contributed by atoms with Gasteiger partial charge in [-0.15, -0.1) is 0 Å². The highest BCUT2D eigenvalue weighted by atomic mass is 16.4. The van der Waals surface area contributed by atoms with Crippen molar-refractivity contribution in [3.05, 3.63) is 75.9 Å². The molecule has 36 heavy (non-hydrogen) atoms. The van der Waals surface area contributed by atoms with Crippen LogP contribution >= 0.6 is 0 Å². The van der Waals surface area contributed by atoms with Crippen LogP contribution in [0.25, 0.3) is 17.1 Å². The van der Waals surface area contributed by atoms with Crippen molar-refractivity contribution in [2.45, 2.75) is 50.5 Å². The standard InChI is InChI=1S/C26H26N4O6/c31-17-10-8-15(9-11-17)13-19(26(34)35)27-24(32)18-14-21-28-23(20-7-4-12-36-20)22(25(33)30(21)29-18)16-5-2-1-3-6-16/h4,7-12,14,16,19,29,31H,1-3,5-6,13H2,(H,27,32)(H,34,35)/t19-/m1/s1. The van der Waals surface area contributed by atoms with Gasteiger partial charge in [-0.3, -0.25) is 14.7 Å². The van der Waals surface area contributed by atoms with Gasteiger partial charge in [0.15, 0.2) is 11.4 Å². The lowest BCUT2D eigenvalue weighted by molar-refractivity contribution is -0.139. The second kappa shape index (κ2) is 9.73. The third-order valence-electron chi connectivity index (χ3n) is 6.64. The van der Waals surface area contributed by atoms with Crippen molar-refractivity contribution in [3.8, 4) is 17.2 Å². The molecule has 4 aromatic rings. The molecule has 1 aliphatic carbocycles. The van der Waals surface area contributed by atoms with Gasteiger partial charge in [-0.1, -0.05) is 31.4 Å². The zero-order valence-corrected chi connectivity index (χ0v) is 19.4. The number of H-pyrrole nitrogens is 1. The highest BCUT2D eigenvalue weighted by Crippen LogP contribution is 2.35. The summed E-state index contributed by atoms with van der Waals surface area (Å²) in [7, 11) is 0. The molecule has 3 aromatic heterocycles. The van der Waals surface area contributed by atoms with E-state index in [1.165, 1.54) is 29.0 Å². The van der Waals surface area contributed by atoms with E-state index in [1.807, 2.05) is 0 Å². The summed E-state index contributed by atoms with van der Waals surface area (Å²) in [5.41, 5.74) is 1.63. The largest absolute Gasteiger partial charge is 0.508 e. The van der Waals surface area contributed by atoms with Gasteiger partial charge in [0.05, 0.1) is 11.8 Å². The Balaban J connectivity index is 1.48. The lowest BCUT2D eigenvalue weighted by Gasteiger charge is -2.22. The Labute approximate surface area is 205 Å². The van der Waals surface area contributed by atoms with Crippen molar-refractivity contribution in [2.75, 3.05) is 0 Å². The zero-order chi connectivity index (χ0) is 25.2. The number of nitrogens with zero attached hydrogens (tertiary/aromatic N) is 2. The predicted octanol–water partition coefficient (Wildman–Crippen LogP) is 3.46. The zero-order valence-electron chi connectivity index (χ0n) is 19.4. The van der Waals surface area contributed by atoms with Crippen LogP contribution in [0.5, 0.6) is 5.75 Å². The normalized spacial score (nSPS) is 15.1. The number of aliphatic carboxylic acids is 1. The van der Waals surface area contributed by atoms with Crippen LogP contribution in [0.15, 0.2) is 57.9 Å². The topological polar surface area (TPSA) is 150 Å². The fraction of sp³-hybridized carbons (Fsp3) is 0.308. The van der Waals surface area contributed by atoms with E-state index >= 15 is 0 Å². The molecule has 3 heterocycles. The number of fused-ring (bicyclic) bond motifs is 1. The number of carbonyl (C=O) groups is 2. The number of carboxylic acids is 1. The number of phenolic OH excluding ortho intramolecular Hbond substituents is 1. The van der Waals surface area contributed by atoms with E-state index in [1.54, 1.807) is 24.3 Å². The molecule has 1 saturated carbocycles. The third kappa shape index (κ3) is 4.61. The van der Waals surface area contributed by atoms with Gasteiger partial charge in [0.1, 0.15) is 23.2 Å². The number of aromatic hydroxyl groups is 1. The van der Waals surface area contributed by atoms with Gasteiger partial charge in [-0.2, -0.15) is 0 Å². The number of aromatic nitrogens is 3. The van der Waals surface area contributed by atoms with E-state index in [9.17, 15) is 24.6 Å². The number of hydrogen-bond donors (Lipinski definition) is 4. The van der Waals surface area contributed by atoms with Gasteiger partial charge >= 0.3 is 5.97 Å². The van der Waals surface area contributed by atoms with E-state index < -0.39 is 17.9 Å². The van der Waals surface area contributed by atoms with Crippen LogP contribution in [-0.4, -0.2) is 42.7 Å². The quantitative estimate of drug-likeness (QED) is 0.310. The lowest BCUT2D eigenvalue weighted by atomic mass is 9.83. The fourth-order valence-electron chi connectivity index (χ4n) is 4.82. The molecule has 1 atom stereocenters. The highest BCUT2D eigenvalue weighted by Gasteiger charge is 2.28. The predicted molar refractivity (Wildman–Crippen MR) is 130 cm³/mol. The Kier molecular flexibility index (Phi) is 6.32. The molecular formula is C26H26N4O6. The molecule has 1 fully saturated rings. The van der Waals surface area contributed by atoms with E-state index in [2.05, 4.69) is 15.4 Å². The molecule has 186 valence electrons. The summed E-state index contributed by atoms with van der Waals surface area (Å²) in [5.74, 6) is -1.29. The Morgan fingerprint density at radius 1 is 1.17 bits per heavy atom. The molecule has 1 amide bonds. The molecule has 0 radical (unpaired) electrons. The van der Waals surface area contributed by atoms with Crippen molar-refractivity contribution < 1.29 is 24.2 Å². The van der Waals surface area contributed by atoms with Gasteiger partial charge in [0, 0.05) is 12.5 Å². The van der Waals surface area contributed by atoms with Crippen LogP contribution in [0, 0.1) is 0 Å². The maximum atomic E-state index is 13.6. The number of hydrogen-bond acceptors (Lipinski definition) is 6. The van der Waals surface area contributed by atoms with Gasteiger partial charge in [0.25, 0.3) is 11.5 Å². The van der Waals surface area contributed by atoms with Gasteiger partial charge < -0.3 is 19.9 Å². The smallest absolute Gasteiger partial charge is 0.326 e. The van der Waals surface area contributed by atoms with E-state index in [0.717, 1.165) is 32.1 Å². The maximum absolute atomic E-state index is 13.6. The van der Waals surface area contributed by atoms with Crippen molar-refractivity contribution in [1.29, 1.82) is 0 Å². The summed E-state index contributed by atoms with van der Waals surface area (Å²) < 4.78 is 6.81. The molecule has 1 aliphatic rings. The van der Waals surface area contributed by atoms with E-state index in [-0.39, 0.29) is 35.0 Å². The number of carbonyl (C=O) groups excluding carboxylic acids is 1. The van der Waals surface area contributed by atoms with Crippen LogP contribution in [0.3, 0.4) is 0 Å². The summed E-state index contributed by atoms with van der Waals surface area (Å²) in [5, 5.41) is 24.4. The minimum atomic E-state index is -1.21. The van der Waals surface area contributed by atoms with Crippen LogP contribution in [0.1, 0.15) is 59.6 Å². The first-order chi connectivity index (χ1) is 17.4. The molecule has 10 nitrogen and oxygen atoms in total. The lowest BCUT2D eigenvalue weighted by Crippen LogP contribution is -2.42. The first-order valence-corrected chi connectivity index (χ1v) is 11.9. The third-order valence-corrected chi connectivity index (χ3v) is 6.64. The Bertz CT molecular complexity index is 1450. The SMILES string of the molecule is O=C(N[C@H](Cc1ccc(O)cc1)C(=O)O)c1cc2nc(-c3ccco3)c(C3CCCCC3)c(=O)n2[nH]1. The molecule has 0 spiro atoms. The molecule has 0 unspecified atom stereocenters. The number of amides is 1. The van der Waals surface area contributed by atoms with Crippen LogP contribution in [0.4, 0.5) is 0 Å². The molecule has 0 bridgehead atoms. The average molecular weight is 491 g/mol. The number of carboxylic acid groups (broad SMARTS) is 1. The van der Waals surface area contributed by atoms with Crippen LogP contribution in [0.2, 0.25) is 0 Å². The summed E-state index contributed by atoms with van der Waals surface area (Å²) >= 11 is 0. The number of furan rings is 1. The number of nitrogens with one attached hydrogen (secondary N) is 2. The molecule has 4 N–H and O–H groups in total. The second-order valence-corrected chi connectivity index (χ2v) is 9.09. The van der Waals surface area contributed by atoms with Crippen molar-refractivity contribution in [2.24, 2.45) is 0 Å². The highest BCUT2D eigenvalue weighted by molar-refractivity contribution is 5.96. The minimum Gasteiger partial charge on any atom is -0.508 e. The first-order valence-electron chi connectivity index (χ1n) is 11.9. The van der Waals surface area contributed by atoms with Crippen LogP contribution < -0.4 is 10.9 Å². The number of aromatic amines is 1. The molecule has 5 rings (SSSR count). The maximum Gasteiger partial charge on any atom is 0.326 e. The van der Waals surface area contributed by atoms with E-state index in [0.29, 0.717) is 22.6 Å². The van der Waals surface area contributed by atoms with Gasteiger partial charge in [0.2, 0.25) is 0 Å². The second-order valence-electron chi connectivity index (χ2n) is 9.09. The van der Waals surface area contributed by atoms with Gasteiger partial charge in [-0.05, 0) is 48.6 Å². The first kappa shape index (κ1) is 23.4. The number of phenols is 1. The van der Waals surface area contributed by atoms with Crippen molar-refractivity contribution in [1.82, 2.24) is 19.9 Å². The van der Waals surface area contributed by atoms with E-state index in [4.69, 9.17) is 4.42 Å². The molecule has 0 aliphatic heterocycles. The summed E-state index contributed by atoms with van der Waals surface area (Å²) in [6.45, 7) is 0. The summed E-state index contributed by atoms with van der Waals surface area (Å²) in [6, 6.07) is 9.78. The summed E-state index contributed by atoms with van der Waals surface area (Å²) in [6.07, 6.45) is 6.49. The van der Waals surface area contributed by atoms with Gasteiger partial charge in [-0.25, -0.2) is 14.3 Å². The fourth-order valence-corrected chi connectivity index (χ4v) is 4.82. The monoisotopic (exact) mass is 490 g/mol. The molecule has 1 aromatic carbocycles. The number of rotatable bonds is 7. The van der Waals surface area contributed by atoms with Crippen molar-refractivity contribution in [3.63, 3.8) is 0 Å². The average Bonchev–Trinajstić information content (AvgIpc) is 3.56. The van der Waals surface area contributed by atoms with Crippen molar-refractivity contribution >= 4 is 17.5 Å². The Morgan fingerprint density at radius 3 is 2.58 bits per heavy atom. The number of benzene rings is 1. The molecular weight excluding hydrogens is 464 g/mol. The van der Waals surface area contributed by atoms with Crippen LogP contribution in [-0.2, 0) is 11.2 Å². The Morgan fingerprint density at radius 2 is 1.92 bits per heavy atom. The summed E-state index contributed by atoms with van der Waals surface area (Å²) in [4.78, 5) is 43.0. The Hall–Kier alpha value is -4.34.